The summed E-state index contributed by atoms with van der Waals surface area (Å²) in [5.74, 6) is 1.72. The van der Waals surface area contributed by atoms with Crippen LogP contribution in [0.1, 0.15) is 5.56 Å². The lowest BCUT2D eigenvalue weighted by atomic mass is 10.2. The summed E-state index contributed by atoms with van der Waals surface area (Å²) in [5.41, 5.74) is 5.72. The molecule has 0 unspecified atom stereocenters. The molecule has 0 aliphatic carbocycles. The van der Waals surface area contributed by atoms with Gasteiger partial charge in [0.05, 0.1) is 17.2 Å². The molecule has 148 valence electrons. The number of aromatic nitrogens is 3. The number of fused-ring (bicyclic) bond motifs is 2. The summed E-state index contributed by atoms with van der Waals surface area (Å²) in [7, 11) is 0. The second-order valence-corrected chi connectivity index (χ2v) is 6.63. The Morgan fingerprint density at radius 1 is 1.10 bits per heavy atom. The van der Waals surface area contributed by atoms with E-state index in [9.17, 15) is 4.79 Å². The van der Waals surface area contributed by atoms with Crippen LogP contribution in [0.2, 0.25) is 0 Å². The van der Waals surface area contributed by atoms with Crippen molar-refractivity contribution in [2.75, 3.05) is 6.79 Å². The third kappa shape index (κ3) is 3.46. The van der Waals surface area contributed by atoms with Crippen molar-refractivity contribution in [2.45, 2.75) is 6.54 Å². The smallest absolute Gasteiger partial charge is 0.260 e. The predicted octanol–water partition coefficient (Wildman–Crippen LogP) is 2.98. The molecule has 30 heavy (non-hydrogen) atoms. The summed E-state index contributed by atoms with van der Waals surface area (Å²) in [6.45, 7) is 0.273. The number of nitrogens with one attached hydrogen (secondary N) is 1. The van der Waals surface area contributed by atoms with Gasteiger partial charge in [0.2, 0.25) is 6.79 Å². The fourth-order valence-electron chi connectivity index (χ4n) is 3.28. The van der Waals surface area contributed by atoms with Crippen molar-refractivity contribution in [1.29, 1.82) is 0 Å². The molecule has 3 heterocycles. The van der Waals surface area contributed by atoms with E-state index in [1.165, 1.54) is 0 Å². The van der Waals surface area contributed by atoms with Crippen molar-refractivity contribution < 1.29 is 14.3 Å². The molecule has 0 spiro atoms. The number of nitrogens with zero attached hydrogens (tertiary/aromatic N) is 4. The number of hydrogen-bond donors (Lipinski definition) is 1. The fourth-order valence-corrected chi connectivity index (χ4v) is 3.28. The first-order valence-electron chi connectivity index (χ1n) is 9.36. The average Bonchev–Trinajstić information content (AvgIpc) is 3.39. The molecule has 2 aromatic carbocycles. The van der Waals surface area contributed by atoms with Crippen molar-refractivity contribution in [1.82, 2.24) is 20.0 Å². The highest BCUT2D eigenvalue weighted by atomic mass is 16.7. The zero-order valence-electron chi connectivity index (χ0n) is 15.9. The Hall–Kier alpha value is -4.20. The van der Waals surface area contributed by atoms with Crippen LogP contribution in [0.3, 0.4) is 0 Å². The van der Waals surface area contributed by atoms with Crippen LogP contribution in [-0.2, 0) is 11.3 Å². The van der Waals surface area contributed by atoms with E-state index in [-0.39, 0.29) is 19.2 Å². The van der Waals surface area contributed by atoms with Crippen LogP contribution < -0.4 is 14.9 Å². The quantitative estimate of drug-likeness (QED) is 0.412. The number of carbonyl (C=O) groups is 1. The van der Waals surface area contributed by atoms with Gasteiger partial charge < -0.3 is 14.0 Å². The van der Waals surface area contributed by atoms with Crippen LogP contribution in [-0.4, -0.2) is 33.4 Å². The second kappa shape index (κ2) is 7.67. The van der Waals surface area contributed by atoms with Crippen LogP contribution >= 0.6 is 0 Å². The maximum atomic E-state index is 12.6. The largest absolute Gasteiger partial charge is 0.454 e. The summed E-state index contributed by atoms with van der Waals surface area (Å²) in [5, 5.41) is 4.06. The summed E-state index contributed by atoms with van der Waals surface area (Å²) < 4.78 is 12.5. The molecule has 5 rings (SSSR count). The number of hydrazone groups is 1. The minimum Gasteiger partial charge on any atom is -0.454 e. The lowest BCUT2D eigenvalue weighted by molar-refractivity contribution is -0.121. The highest BCUT2D eigenvalue weighted by Crippen LogP contribution is 2.32. The predicted molar refractivity (Wildman–Crippen MR) is 111 cm³/mol. The van der Waals surface area contributed by atoms with E-state index in [1.807, 2.05) is 59.2 Å². The number of hydrogen-bond acceptors (Lipinski definition) is 6. The maximum absolute atomic E-state index is 12.6. The Balaban J connectivity index is 1.36. The number of benzene rings is 2. The topological polar surface area (TPSA) is 90.6 Å². The van der Waals surface area contributed by atoms with Gasteiger partial charge in [-0.05, 0) is 48.0 Å². The third-order valence-corrected chi connectivity index (χ3v) is 4.65. The van der Waals surface area contributed by atoms with Gasteiger partial charge in [-0.2, -0.15) is 5.10 Å². The van der Waals surface area contributed by atoms with Gasteiger partial charge >= 0.3 is 0 Å². The number of amides is 1. The highest BCUT2D eigenvalue weighted by molar-refractivity contribution is 5.86. The Morgan fingerprint density at radius 3 is 2.87 bits per heavy atom. The van der Waals surface area contributed by atoms with Crippen LogP contribution in [0.5, 0.6) is 11.5 Å². The number of carbonyl (C=O) groups excluding carboxylic acids is 1. The van der Waals surface area contributed by atoms with Gasteiger partial charge in [-0.15, -0.1) is 0 Å². The van der Waals surface area contributed by atoms with E-state index in [0.717, 1.165) is 16.6 Å². The highest BCUT2D eigenvalue weighted by Gasteiger charge is 2.16. The number of ether oxygens (including phenoxy) is 2. The lowest BCUT2D eigenvalue weighted by Gasteiger charge is -2.07. The van der Waals surface area contributed by atoms with E-state index in [2.05, 4.69) is 20.5 Å². The van der Waals surface area contributed by atoms with Crippen molar-refractivity contribution in [2.24, 2.45) is 5.10 Å². The molecule has 1 amide bonds. The van der Waals surface area contributed by atoms with Gasteiger partial charge in [0.1, 0.15) is 12.2 Å². The van der Waals surface area contributed by atoms with Gasteiger partial charge in [0, 0.05) is 6.20 Å². The molecular weight excluding hydrogens is 382 g/mol. The van der Waals surface area contributed by atoms with Crippen molar-refractivity contribution in [3.8, 4) is 23.0 Å². The molecule has 1 aliphatic heterocycles. The van der Waals surface area contributed by atoms with Crippen LogP contribution in [0, 0.1) is 0 Å². The molecule has 2 aromatic heterocycles. The summed E-state index contributed by atoms with van der Waals surface area (Å²) in [4.78, 5) is 21.6. The number of rotatable bonds is 5. The number of imidazole rings is 1. The standard InChI is InChI=1S/C22H17N5O3/c28-21(26-24-12-15-8-9-19-20(11-15)30-14-29-19)13-27-18-7-2-1-5-16(18)25-22(27)17-6-3-4-10-23-17/h1-12H,13-14H2,(H,26,28)/b24-12+. The summed E-state index contributed by atoms with van der Waals surface area (Å²) in [6, 6.07) is 18.7. The first-order chi connectivity index (χ1) is 14.8. The molecule has 8 heteroatoms. The zero-order valence-corrected chi connectivity index (χ0v) is 15.9. The van der Waals surface area contributed by atoms with E-state index in [1.54, 1.807) is 18.5 Å². The first kappa shape index (κ1) is 17.9. The number of para-hydroxylation sites is 2. The van der Waals surface area contributed by atoms with Crippen molar-refractivity contribution in [3.63, 3.8) is 0 Å². The van der Waals surface area contributed by atoms with Crippen LogP contribution in [0.25, 0.3) is 22.6 Å². The lowest BCUT2D eigenvalue weighted by Crippen LogP contribution is -2.23. The van der Waals surface area contributed by atoms with Crippen molar-refractivity contribution in [3.05, 3.63) is 72.4 Å². The SMILES string of the molecule is O=C(Cn1c(-c2ccccn2)nc2ccccc21)N/N=C/c1ccc2c(c1)OCO2. The maximum Gasteiger partial charge on any atom is 0.260 e. The molecule has 0 atom stereocenters. The third-order valence-electron chi connectivity index (χ3n) is 4.65. The zero-order chi connectivity index (χ0) is 20.3. The molecule has 0 saturated carbocycles. The first-order valence-corrected chi connectivity index (χ1v) is 9.36. The molecule has 4 aromatic rings. The Morgan fingerprint density at radius 2 is 1.97 bits per heavy atom. The van der Waals surface area contributed by atoms with E-state index in [0.29, 0.717) is 23.0 Å². The molecule has 0 saturated heterocycles. The Kier molecular flexibility index (Phi) is 4.57. The minimum absolute atomic E-state index is 0.0604. The Bertz CT molecular complexity index is 1250. The molecule has 0 radical (unpaired) electrons. The molecule has 0 fully saturated rings. The van der Waals surface area contributed by atoms with Gasteiger partial charge in [-0.1, -0.05) is 18.2 Å². The summed E-state index contributed by atoms with van der Waals surface area (Å²) in [6.07, 6.45) is 3.26. The molecule has 8 nitrogen and oxygen atoms in total. The fraction of sp³-hybridized carbons (Fsp3) is 0.0909. The molecule has 1 N–H and O–H groups in total. The Labute approximate surface area is 171 Å². The van der Waals surface area contributed by atoms with Gasteiger partial charge in [-0.25, -0.2) is 10.4 Å². The number of pyridine rings is 1. The monoisotopic (exact) mass is 399 g/mol. The van der Waals surface area contributed by atoms with Gasteiger partial charge in [0.25, 0.3) is 5.91 Å². The molecular formula is C22H17N5O3. The van der Waals surface area contributed by atoms with E-state index >= 15 is 0 Å². The minimum atomic E-state index is -0.271. The van der Waals surface area contributed by atoms with E-state index < -0.39 is 0 Å². The average molecular weight is 399 g/mol. The van der Waals surface area contributed by atoms with Gasteiger partial charge in [0.15, 0.2) is 17.3 Å². The van der Waals surface area contributed by atoms with Crippen LogP contribution in [0.15, 0.2) is 72.0 Å². The molecule has 1 aliphatic rings. The second-order valence-electron chi connectivity index (χ2n) is 6.63. The van der Waals surface area contributed by atoms with Crippen LogP contribution in [0.4, 0.5) is 0 Å². The summed E-state index contributed by atoms with van der Waals surface area (Å²) >= 11 is 0. The van der Waals surface area contributed by atoms with Gasteiger partial charge in [-0.3, -0.25) is 9.78 Å². The normalized spacial score (nSPS) is 12.5. The van der Waals surface area contributed by atoms with E-state index in [4.69, 9.17) is 9.47 Å². The van der Waals surface area contributed by atoms with Crippen molar-refractivity contribution >= 4 is 23.2 Å². The molecule has 0 bridgehead atoms.